The summed E-state index contributed by atoms with van der Waals surface area (Å²) in [6.45, 7) is 0. The molecule has 2 rings (SSSR count). The average Bonchev–Trinajstić information content (AvgIpc) is 2.61. The van der Waals surface area contributed by atoms with Crippen molar-refractivity contribution in [1.82, 2.24) is 4.37 Å². The molecule has 15 heavy (non-hydrogen) atoms. The van der Waals surface area contributed by atoms with Crippen molar-refractivity contribution in [2.75, 3.05) is 19.0 Å². The number of hydrogen-bond acceptors (Lipinski definition) is 5. The fraction of sp³-hybridized carbons (Fsp3) is 0.222. The van der Waals surface area contributed by atoms with E-state index in [0.717, 1.165) is 10.1 Å². The lowest BCUT2D eigenvalue weighted by atomic mass is 10.2. The van der Waals surface area contributed by atoms with E-state index in [1.807, 2.05) is 0 Å². The predicted molar refractivity (Wildman–Crippen MR) is 60.6 cm³/mol. The van der Waals surface area contributed by atoms with Crippen molar-refractivity contribution in [3.8, 4) is 0 Å². The zero-order valence-electron chi connectivity index (χ0n) is 8.30. The summed E-state index contributed by atoms with van der Waals surface area (Å²) in [6, 6.07) is 3.36. The molecule has 0 atom stereocenters. The number of nitro benzene ring substituents is 1. The summed E-state index contributed by atoms with van der Waals surface area (Å²) >= 11 is 1.34. The highest BCUT2D eigenvalue weighted by Crippen LogP contribution is 2.33. The molecule has 0 saturated heterocycles. The molecule has 0 N–H and O–H groups in total. The molecule has 1 aromatic carbocycles. The predicted octanol–water partition coefficient (Wildman–Crippen LogP) is 2.27. The number of anilines is 1. The lowest BCUT2D eigenvalue weighted by molar-refractivity contribution is -0.384. The fourth-order valence-electron chi connectivity index (χ4n) is 1.40. The van der Waals surface area contributed by atoms with Crippen molar-refractivity contribution >= 4 is 33.0 Å². The Morgan fingerprint density at radius 1 is 1.47 bits per heavy atom. The molecule has 0 radical (unpaired) electrons. The fourth-order valence-corrected chi connectivity index (χ4v) is 2.06. The first kappa shape index (κ1) is 9.85. The van der Waals surface area contributed by atoms with E-state index in [1.54, 1.807) is 37.3 Å². The van der Waals surface area contributed by atoms with Crippen molar-refractivity contribution in [1.29, 1.82) is 0 Å². The Morgan fingerprint density at radius 3 is 2.80 bits per heavy atom. The number of nitrogens with zero attached hydrogens (tertiary/aromatic N) is 3. The van der Waals surface area contributed by atoms with E-state index in [9.17, 15) is 10.1 Å². The quantitative estimate of drug-likeness (QED) is 0.578. The lowest BCUT2D eigenvalue weighted by Crippen LogP contribution is -2.10. The van der Waals surface area contributed by atoms with Crippen LogP contribution in [0.2, 0.25) is 0 Å². The van der Waals surface area contributed by atoms with Gasteiger partial charge in [-0.1, -0.05) is 0 Å². The molecule has 0 spiro atoms. The van der Waals surface area contributed by atoms with Crippen LogP contribution in [0, 0.1) is 10.1 Å². The molecule has 1 aromatic heterocycles. The van der Waals surface area contributed by atoms with Gasteiger partial charge in [0, 0.05) is 31.7 Å². The summed E-state index contributed by atoms with van der Waals surface area (Å²) in [5, 5.41) is 11.7. The molecule has 0 saturated carbocycles. The average molecular weight is 223 g/mol. The molecule has 5 nitrogen and oxygen atoms in total. The van der Waals surface area contributed by atoms with Gasteiger partial charge < -0.3 is 4.90 Å². The van der Waals surface area contributed by atoms with Gasteiger partial charge in [-0.25, -0.2) is 0 Å². The highest BCUT2D eigenvalue weighted by Gasteiger charge is 2.17. The van der Waals surface area contributed by atoms with E-state index in [4.69, 9.17) is 0 Å². The zero-order chi connectivity index (χ0) is 11.0. The third kappa shape index (κ3) is 1.63. The summed E-state index contributed by atoms with van der Waals surface area (Å²) in [6.07, 6.45) is 1.65. The molecule has 0 fully saturated rings. The lowest BCUT2D eigenvalue weighted by Gasteiger charge is -2.12. The van der Waals surface area contributed by atoms with Crippen LogP contribution >= 0.6 is 11.5 Å². The minimum atomic E-state index is -0.369. The molecular formula is C9H9N3O2S. The third-order valence-corrected chi connectivity index (χ3v) is 2.89. The Morgan fingerprint density at radius 2 is 2.20 bits per heavy atom. The van der Waals surface area contributed by atoms with Crippen molar-refractivity contribution in [2.45, 2.75) is 0 Å². The normalized spacial score (nSPS) is 10.5. The van der Waals surface area contributed by atoms with Gasteiger partial charge in [0.05, 0.1) is 9.62 Å². The van der Waals surface area contributed by atoms with Gasteiger partial charge in [-0.2, -0.15) is 4.37 Å². The Kier molecular flexibility index (Phi) is 2.28. The van der Waals surface area contributed by atoms with Gasteiger partial charge in [0.2, 0.25) is 0 Å². The Labute approximate surface area is 90.3 Å². The summed E-state index contributed by atoms with van der Waals surface area (Å²) in [5.74, 6) is 0. The first-order chi connectivity index (χ1) is 7.09. The standard InChI is InChI=1S/C9H9N3O2S/c1-11(2)7-4-9-6(5-10-15-9)3-8(7)12(13)14/h3-5H,1-2H3. The molecule has 1 heterocycles. The molecule has 6 heteroatoms. The van der Waals surface area contributed by atoms with Crippen LogP contribution in [0.3, 0.4) is 0 Å². The van der Waals surface area contributed by atoms with Crippen LogP contribution in [0.5, 0.6) is 0 Å². The van der Waals surface area contributed by atoms with Crippen molar-refractivity contribution < 1.29 is 4.92 Å². The molecule has 0 aliphatic heterocycles. The molecule has 0 aliphatic rings. The number of aromatic nitrogens is 1. The Bertz CT molecular complexity index is 521. The second-order valence-electron chi connectivity index (χ2n) is 3.36. The van der Waals surface area contributed by atoms with E-state index in [1.165, 1.54) is 11.5 Å². The highest BCUT2D eigenvalue weighted by atomic mass is 32.1. The molecule has 0 aliphatic carbocycles. The summed E-state index contributed by atoms with van der Waals surface area (Å²) in [7, 11) is 3.57. The Balaban J connectivity index is 2.73. The van der Waals surface area contributed by atoms with Gasteiger partial charge in [0.25, 0.3) is 5.69 Å². The van der Waals surface area contributed by atoms with Crippen LogP contribution in [-0.4, -0.2) is 23.4 Å². The van der Waals surface area contributed by atoms with E-state index in [-0.39, 0.29) is 10.6 Å². The number of hydrogen-bond donors (Lipinski definition) is 0. The van der Waals surface area contributed by atoms with Crippen molar-refractivity contribution in [3.63, 3.8) is 0 Å². The number of nitro groups is 1. The summed E-state index contributed by atoms with van der Waals surface area (Å²) < 4.78 is 4.97. The smallest absolute Gasteiger partial charge is 0.293 e. The van der Waals surface area contributed by atoms with Crippen LogP contribution in [0.25, 0.3) is 10.1 Å². The molecule has 0 amide bonds. The van der Waals surface area contributed by atoms with Gasteiger partial charge in [-0.05, 0) is 17.6 Å². The topological polar surface area (TPSA) is 59.3 Å². The molecule has 0 unspecified atom stereocenters. The van der Waals surface area contributed by atoms with Gasteiger partial charge >= 0.3 is 0 Å². The van der Waals surface area contributed by atoms with E-state index >= 15 is 0 Å². The SMILES string of the molecule is CN(C)c1cc2sncc2cc1[N+](=O)[O-]. The van der Waals surface area contributed by atoms with E-state index in [2.05, 4.69) is 4.37 Å². The molecule has 2 aromatic rings. The molecule has 78 valence electrons. The zero-order valence-corrected chi connectivity index (χ0v) is 9.11. The number of rotatable bonds is 2. The maximum absolute atomic E-state index is 10.9. The minimum absolute atomic E-state index is 0.118. The van der Waals surface area contributed by atoms with Crippen LogP contribution in [0.1, 0.15) is 0 Å². The van der Waals surface area contributed by atoms with Gasteiger partial charge in [0.15, 0.2) is 0 Å². The summed E-state index contributed by atoms with van der Waals surface area (Å²) in [5.41, 5.74) is 0.726. The van der Waals surface area contributed by atoms with Crippen LogP contribution in [0.4, 0.5) is 11.4 Å². The van der Waals surface area contributed by atoms with Crippen molar-refractivity contribution in [2.24, 2.45) is 0 Å². The van der Waals surface area contributed by atoms with Crippen LogP contribution in [0.15, 0.2) is 18.3 Å². The second kappa shape index (κ2) is 3.47. The van der Waals surface area contributed by atoms with Crippen molar-refractivity contribution in [3.05, 3.63) is 28.4 Å². The number of benzene rings is 1. The highest BCUT2D eigenvalue weighted by molar-refractivity contribution is 7.13. The molecular weight excluding hydrogens is 214 g/mol. The maximum atomic E-state index is 10.9. The van der Waals surface area contributed by atoms with Gasteiger partial charge in [-0.3, -0.25) is 10.1 Å². The van der Waals surface area contributed by atoms with E-state index in [0.29, 0.717) is 5.69 Å². The largest absolute Gasteiger partial charge is 0.372 e. The molecule has 0 bridgehead atoms. The number of fused-ring (bicyclic) bond motifs is 1. The second-order valence-corrected chi connectivity index (χ2v) is 4.19. The Hall–Kier alpha value is -1.69. The maximum Gasteiger partial charge on any atom is 0.293 e. The minimum Gasteiger partial charge on any atom is -0.372 e. The van der Waals surface area contributed by atoms with E-state index < -0.39 is 0 Å². The van der Waals surface area contributed by atoms with Crippen LogP contribution < -0.4 is 4.90 Å². The summed E-state index contributed by atoms with van der Waals surface area (Å²) in [4.78, 5) is 12.2. The third-order valence-electron chi connectivity index (χ3n) is 2.13. The monoisotopic (exact) mass is 223 g/mol. The van der Waals surface area contributed by atoms with Gasteiger partial charge in [0.1, 0.15) is 5.69 Å². The van der Waals surface area contributed by atoms with Crippen LogP contribution in [-0.2, 0) is 0 Å². The first-order valence-electron chi connectivity index (χ1n) is 4.30. The first-order valence-corrected chi connectivity index (χ1v) is 5.07. The van der Waals surface area contributed by atoms with Gasteiger partial charge in [-0.15, -0.1) is 0 Å².